The molecule has 0 aromatic heterocycles. The average Bonchev–Trinajstić information content (AvgIpc) is 2.84. The summed E-state index contributed by atoms with van der Waals surface area (Å²) >= 11 is 0. The second-order valence-electron chi connectivity index (χ2n) is 7.17. The van der Waals surface area contributed by atoms with Crippen LogP contribution in [-0.2, 0) is 4.43 Å². The Morgan fingerprint density at radius 1 is 1.31 bits per heavy atom. The molecule has 92 valence electrons. The molecule has 0 aliphatic heterocycles. The number of hydrogen-bond donors (Lipinski definition) is 0. The molecular weight excluding hydrogens is 212 g/mol. The third-order valence-corrected chi connectivity index (χ3v) is 9.55. The highest BCUT2D eigenvalue weighted by molar-refractivity contribution is 6.74. The van der Waals surface area contributed by atoms with Crippen LogP contribution in [0.4, 0.5) is 0 Å². The molecule has 1 nitrogen and oxygen atoms in total. The fraction of sp³-hybridized carbons (Fsp3) is 0.857. The maximum Gasteiger partial charge on any atom is 0.192 e. The van der Waals surface area contributed by atoms with E-state index in [0.717, 1.165) is 0 Å². The van der Waals surface area contributed by atoms with Crippen LogP contribution in [0.3, 0.4) is 0 Å². The molecule has 2 fully saturated rings. The maximum absolute atomic E-state index is 6.59. The molecule has 0 saturated heterocycles. The minimum absolute atomic E-state index is 0.326. The Morgan fingerprint density at radius 3 is 2.31 bits per heavy atom. The third kappa shape index (κ3) is 1.80. The summed E-state index contributed by atoms with van der Waals surface area (Å²) in [5.74, 6) is 0. The zero-order valence-corrected chi connectivity index (χ0v) is 12.5. The van der Waals surface area contributed by atoms with E-state index in [4.69, 9.17) is 4.43 Å². The number of hydrogen-bond acceptors (Lipinski definition) is 1. The van der Waals surface area contributed by atoms with Gasteiger partial charge in [0.2, 0.25) is 0 Å². The van der Waals surface area contributed by atoms with Crippen LogP contribution >= 0.6 is 0 Å². The van der Waals surface area contributed by atoms with Crippen LogP contribution in [0.15, 0.2) is 12.2 Å². The van der Waals surface area contributed by atoms with E-state index in [1.165, 1.54) is 31.3 Å². The van der Waals surface area contributed by atoms with Gasteiger partial charge in [0.05, 0.1) is 6.10 Å². The van der Waals surface area contributed by atoms with Crippen LogP contribution < -0.4 is 0 Å². The Balaban J connectivity index is 2.09. The van der Waals surface area contributed by atoms with Crippen LogP contribution in [-0.4, -0.2) is 14.4 Å². The predicted molar refractivity (Wildman–Crippen MR) is 72.1 cm³/mol. The highest BCUT2D eigenvalue weighted by Gasteiger charge is 2.57. The van der Waals surface area contributed by atoms with E-state index < -0.39 is 8.32 Å². The molecule has 0 aromatic carbocycles. The smallest absolute Gasteiger partial charge is 0.192 e. The van der Waals surface area contributed by atoms with E-state index in [-0.39, 0.29) is 0 Å². The summed E-state index contributed by atoms with van der Waals surface area (Å²) in [4.78, 5) is 0. The Labute approximate surface area is 101 Å². The molecule has 1 unspecified atom stereocenters. The lowest BCUT2D eigenvalue weighted by Crippen LogP contribution is -2.45. The molecule has 2 aliphatic rings. The first kappa shape index (κ1) is 12.4. The van der Waals surface area contributed by atoms with Crippen molar-refractivity contribution in [3.63, 3.8) is 0 Å². The summed E-state index contributed by atoms with van der Waals surface area (Å²) in [5.41, 5.74) is 1.88. The van der Waals surface area contributed by atoms with Gasteiger partial charge in [-0.15, -0.1) is 0 Å². The van der Waals surface area contributed by atoms with Crippen molar-refractivity contribution < 1.29 is 4.43 Å². The minimum atomic E-state index is -1.59. The molecule has 2 aliphatic carbocycles. The van der Waals surface area contributed by atoms with Gasteiger partial charge in [0, 0.05) is 5.41 Å². The van der Waals surface area contributed by atoms with Crippen molar-refractivity contribution in [3.05, 3.63) is 12.2 Å². The van der Waals surface area contributed by atoms with Crippen LogP contribution in [0.5, 0.6) is 0 Å². The van der Waals surface area contributed by atoms with Gasteiger partial charge >= 0.3 is 0 Å². The second-order valence-corrected chi connectivity index (χ2v) is 11.9. The van der Waals surface area contributed by atoms with Crippen molar-refractivity contribution in [2.75, 3.05) is 0 Å². The first-order valence-electron chi connectivity index (χ1n) is 6.55. The molecule has 1 spiro atoms. The minimum Gasteiger partial charge on any atom is -0.413 e. The normalized spacial score (nSPS) is 28.8. The van der Waals surface area contributed by atoms with Crippen molar-refractivity contribution in [2.24, 2.45) is 5.41 Å². The molecule has 1 atom stereocenters. The molecule has 0 aromatic rings. The molecule has 0 amide bonds. The Bertz CT molecular complexity index is 307. The summed E-state index contributed by atoms with van der Waals surface area (Å²) in [6, 6.07) is 0. The fourth-order valence-electron chi connectivity index (χ4n) is 2.57. The summed E-state index contributed by atoms with van der Waals surface area (Å²) < 4.78 is 6.59. The van der Waals surface area contributed by atoms with Gasteiger partial charge in [0.25, 0.3) is 0 Å². The fourth-order valence-corrected chi connectivity index (χ4v) is 3.98. The molecule has 2 saturated carbocycles. The van der Waals surface area contributed by atoms with Gasteiger partial charge in [-0.05, 0) is 43.8 Å². The molecule has 0 radical (unpaired) electrons. The number of rotatable bonds is 2. The van der Waals surface area contributed by atoms with E-state index in [9.17, 15) is 0 Å². The Kier molecular flexibility index (Phi) is 2.67. The first-order valence-corrected chi connectivity index (χ1v) is 9.46. The molecule has 2 heteroatoms. The average molecular weight is 238 g/mol. The van der Waals surface area contributed by atoms with Gasteiger partial charge in [-0.25, -0.2) is 0 Å². The monoisotopic (exact) mass is 238 g/mol. The van der Waals surface area contributed by atoms with Crippen LogP contribution in [0.2, 0.25) is 18.1 Å². The molecule has 2 rings (SSSR count). The van der Waals surface area contributed by atoms with Crippen LogP contribution in [0.1, 0.15) is 46.5 Å². The Hall–Kier alpha value is -0.0831. The summed E-state index contributed by atoms with van der Waals surface area (Å²) in [6.07, 6.45) is 5.54. The highest BCUT2D eigenvalue weighted by Crippen LogP contribution is 2.62. The van der Waals surface area contributed by atoms with Crippen molar-refractivity contribution in [1.29, 1.82) is 0 Å². The van der Waals surface area contributed by atoms with E-state index in [1.54, 1.807) is 0 Å². The lowest BCUT2D eigenvalue weighted by Gasteiger charge is -2.40. The van der Waals surface area contributed by atoms with Crippen molar-refractivity contribution >= 4 is 8.32 Å². The topological polar surface area (TPSA) is 9.23 Å². The lowest BCUT2D eigenvalue weighted by molar-refractivity contribution is 0.138. The molecule has 0 N–H and O–H groups in total. The van der Waals surface area contributed by atoms with Crippen LogP contribution in [0.25, 0.3) is 0 Å². The van der Waals surface area contributed by atoms with Crippen molar-refractivity contribution in [2.45, 2.75) is 70.7 Å². The van der Waals surface area contributed by atoms with E-state index >= 15 is 0 Å². The largest absolute Gasteiger partial charge is 0.413 e. The summed E-state index contributed by atoms with van der Waals surface area (Å²) in [6.45, 7) is 15.9. The lowest BCUT2D eigenvalue weighted by atomic mass is 9.99. The quantitative estimate of drug-likeness (QED) is 0.508. The van der Waals surface area contributed by atoms with E-state index in [1.807, 2.05) is 0 Å². The molecule has 0 bridgehead atoms. The van der Waals surface area contributed by atoms with Gasteiger partial charge in [0.1, 0.15) is 0 Å². The summed E-state index contributed by atoms with van der Waals surface area (Å²) in [7, 11) is -1.59. The standard InChI is InChI=1S/C14H26OSi/c1-11-7-8-12(14(11)9-10-14)15-16(5,6)13(2,3)4/h12H,1,7-10H2,2-6H3. The van der Waals surface area contributed by atoms with E-state index in [0.29, 0.717) is 16.6 Å². The van der Waals surface area contributed by atoms with Gasteiger partial charge < -0.3 is 4.43 Å². The highest BCUT2D eigenvalue weighted by atomic mass is 28.4. The third-order valence-electron chi connectivity index (χ3n) is 5.06. The van der Waals surface area contributed by atoms with Crippen molar-refractivity contribution in [1.82, 2.24) is 0 Å². The SMILES string of the molecule is C=C1CCC(O[Si](C)(C)C(C)(C)C)C12CC2. The maximum atomic E-state index is 6.59. The first-order chi connectivity index (χ1) is 7.19. The Morgan fingerprint density at radius 2 is 1.88 bits per heavy atom. The van der Waals surface area contributed by atoms with E-state index in [2.05, 4.69) is 40.4 Å². The predicted octanol–water partition coefficient (Wildman–Crippen LogP) is 4.51. The van der Waals surface area contributed by atoms with Gasteiger partial charge in [-0.1, -0.05) is 32.9 Å². The van der Waals surface area contributed by atoms with Gasteiger partial charge in [-0.2, -0.15) is 0 Å². The van der Waals surface area contributed by atoms with Gasteiger partial charge in [0.15, 0.2) is 8.32 Å². The van der Waals surface area contributed by atoms with Crippen LogP contribution in [0, 0.1) is 5.41 Å². The zero-order chi connectivity index (χ0) is 12.2. The molecule has 16 heavy (non-hydrogen) atoms. The zero-order valence-electron chi connectivity index (χ0n) is 11.5. The molecular formula is C14H26OSi. The second kappa shape index (κ2) is 3.46. The van der Waals surface area contributed by atoms with Crippen molar-refractivity contribution in [3.8, 4) is 0 Å². The summed E-state index contributed by atoms with van der Waals surface area (Å²) in [5, 5.41) is 0.326. The van der Waals surface area contributed by atoms with Gasteiger partial charge in [-0.3, -0.25) is 0 Å². The molecule has 0 heterocycles.